The van der Waals surface area contributed by atoms with E-state index in [-0.39, 0.29) is 17.3 Å². The lowest BCUT2D eigenvalue weighted by Crippen LogP contribution is -2.34. The zero-order valence-electron chi connectivity index (χ0n) is 12.9. The SMILES string of the molecule is CC(C)C(=O)OC1=C2CC3(C1)C(C)CCC3C2(C)C. The molecule has 2 nitrogen and oxygen atoms in total. The van der Waals surface area contributed by atoms with E-state index in [1.54, 1.807) is 0 Å². The highest BCUT2D eigenvalue weighted by Gasteiger charge is 2.65. The molecule has 106 valence electrons. The Hall–Kier alpha value is -0.790. The molecule has 19 heavy (non-hydrogen) atoms. The van der Waals surface area contributed by atoms with E-state index in [1.165, 1.54) is 24.8 Å². The number of esters is 1. The number of carbonyl (C=O) groups is 1. The van der Waals surface area contributed by atoms with Gasteiger partial charge < -0.3 is 4.74 Å². The maximum Gasteiger partial charge on any atom is 0.313 e. The fourth-order valence-corrected chi connectivity index (χ4v) is 5.04. The monoisotopic (exact) mass is 262 g/mol. The first-order valence-electron chi connectivity index (χ1n) is 7.73. The lowest BCUT2D eigenvalue weighted by Gasteiger charge is -2.40. The van der Waals surface area contributed by atoms with Crippen LogP contribution in [-0.4, -0.2) is 5.97 Å². The minimum Gasteiger partial charge on any atom is -0.431 e. The average Bonchev–Trinajstić information content (AvgIpc) is 2.89. The van der Waals surface area contributed by atoms with Crippen molar-refractivity contribution in [2.24, 2.45) is 28.6 Å². The van der Waals surface area contributed by atoms with Crippen LogP contribution in [0, 0.1) is 28.6 Å². The second-order valence-corrected chi connectivity index (χ2v) is 7.82. The van der Waals surface area contributed by atoms with Crippen molar-refractivity contribution in [1.82, 2.24) is 0 Å². The summed E-state index contributed by atoms with van der Waals surface area (Å²) in [6, 6.07) is 0. The lowest BCUT2D eigenvalue weighted by atomic mass is 9.65. The molecule has 2 fully saturated rings. The van der Waals surface area contributed by atoms with Gasteiger partial charge in [-0.25, -0.2) is 0 Å². The van der Waals surface area contributed by atoms with Gasteiger partial charge in [-0.1, -0.05) is 34.6 Å². The van der Waals surface area contributed by atoms with Gasteiger partial charge in [0.1, 0.15) is 5.76 Å². The highest BCUT2D eigenvalue weighted by Crippen LogP contribution is 2.73. The Morgan fingerprint density at radius 3 is 2.58 bits per heavy atom. The highest BCUT2D eigenvalue weighted by atomic mass is 16.5. The van der Waals surface area contributed by atoms with Gasteiger partial charge in [0.2, 0.25) is 0 Å². The summed E-state index contributed by atoms with van der Waals surface area (Å²) in [6.07, 6.45) is 4.87. The van der Waals surface area contributed by atoms with Gasteiger partial charge in [-0.05, 0) is 47.5 Å². The van der Waals surface area contributed by atoms with E-state index in [9.17, 15) is 4.79 Å². The summed E-state index contributed by atoms with van der Waals surface area (Å²) in [5, 5.41) is 0. The van der Waals surface area contributed by atoms with Gasteiger partial charge >= 0.3 is 5.97 Å². The topological polar surface area (TPSA) is 26.3 Å². The molecule has 3 unspecified atom stereocenters. The van der Waals surface area contributed by atoms with Crippen LogP contribution in [-0.2, 0) is 9.53 Å². The lowest BCUT2D eigenvalue weighted by molar-refractivity contribution is -0.144. The van der Waals surface area contributed by atoms with Gasteiger partial charge in [0.25, 0.3) is 0 Å². The van der Waals surface area contributed by atoms with Crippen LogP contribution in [0.1, 0.15) is 60.3 Å². The van der Waals surface area contributed by atoms with Crippen molar-refractivity contribution in [2.75, 3.05) is 0 Å². The van der Waals surface area contributed by atoms with Crippen molar-refractivity contribution in [3.05, 3.63) is 11.3 Å². The highest BCUT2D eigenvalue weighted by molar-refractivity contribution is 5.73. The summed E-state index contributed by atoms with van der Waals surface area (Å²) in [4.78, 5) is 11.9. The van der Waals surface area contributed by atoms with Gasteiger partial charge in [-0.3, -0.25) is 4.79 Å². The van der Waals surface area contributed by atoms with Gasteiger partial charge in [0.05, 0.1) is 5.92 Å². The third-order valence-electron chi connectivity index (χ3n) is 6.24. The Labute approximate surface area is 116 Å². The molecule has 2 saturated carbocycles. The van der Waals surface area contributed by atoms with Crippen LogP contribution in [0.15, 0.2) is 11.3 Å². The Balaban J connectivity index is 1.93. The molecule has 3 rings (SSSR count). The molecular weight excluding hydrogens is 236 g/mol. The van der Waals surface area contributed by atoms with Gasteiger partial charge in [-0.2, -0.15) is 0 Å². The van der Waals surface area contributed by atoms with E-state index in [4.69, 9.17) is 4.74 Å². The summed E-state index contributed by atoms with van der Waals surface area (Å²) in [6.45, 7) is 10.9. The summed E-state index contributed by atoms with van der Waals surface area (Å²) < 4.78 is 5.73. The number of rotatable bonds is 2. The van der Waals surface area contributed by atoms with E-state index in [0.717, 1.165) is 24.0 Å². The minimum absolute atomic E-state index is 0.0374. The van der Waals surface area contributed by atoms with Crippen molar-refractivity contribution in [1.29, 1.82) is 0 Å². The molecule has 0 radical (unpaired) electrons. The first-order chi connectivity index (χ1) is 8.79. The Kier molecular flexibility index (Phi) is 2.69. The maximum absolute atomic E-state index is 11.9. The average molecular weight is 262 g/mol. The van der Waals surface area contributed by atoms with Crippen LogP contribution in [0.2, 0.25) is 0 Å². The van der Waals surface area contributed by atoms with Gasteiger partial charge in [-0.15, -0.1) is 0 Å². The summed E-state index contributed by atoms with van der Waals surface area (Å²) >= 11 is 0. The van der Waals surface area contributed by atoms with Crippen molar-refractivity contribution in [2.45, 2.75) is 60.3 Å². The smallest absolute Gasteiger partial charge is 0.313 e. The first kappa shape index (κ1) is 13.2. The first-order valence-corrected chi connectivity index (χ1v) is 7.73. The molecule has 1 spiro atoms. The number of hydrogen-bond donors (Lipinski definition) is 0. The van der Waals surface area contributed by atoms with Crippen molar-refractivity contribution in [3.63, 3.8) is 0 Å². The zero-order valence-corrected chi connectivity index (χ0v) is 12.9. The van der Waals surface area contributed by atoms with E-state index < -0.39 is 0 Å². The van der Waals surface area contributed by atoms with E-state index in [1.807, 2.05) is 13.8 Å². The molecule has 0 aromatic rings. The molecule has 3 atom stereocenters. The molecule has 2 heteroatoms. The Morgan fingerprint density at radius 1 is 1.26 bits per heavy atom. The van der Waals surface area contributed by atoms with E-state index in [2.05, 4.69) is 20.8 Å². The van der Waals surface area contributed by atoms with Crippen molar-refractivity contribution < 1.29 is 9.53 Å². The van der Waals surface area contributed by atoms with Crippen LogP contribution in [0.25, 0.3) is 0 Å². The molecule has 0 amide bonds. The van der Waals surface area contributed by atoms with E-state index in [0.29, 0.717) is 5.41 Å². The largest absolute Gasteiger partial charge is 0.431 e. The summed E-state index contributed by atoms with van der Waals surface area (Å²) in [5.74, 6) is 2.49. The predicted molar refractivity (Wildman–Crippen MR) is 75.3 cm³/mol. The molecule has 0 aliphatic heterocycles. The molecule has 0 heterocycles. The number of fused-ring (bicyclic) bond motifs is 1. The molecule has 0 saturated heterocycles. The normalized spacial score (nSPS) is 39.1. The Morgan fingerprint density at radius 2 is 1.95 bits per heavy atom. The van der Waals surface area contributed by atoms with Gasteiger partial charge in [0, 0.05) is 6.42 Å². The quantitative estimate of drug-likeness (QED) is 0.693. The van der Waals surface area contributed by atoms with Gasteiger partial charge in [0.15, 0.2) is 0 Å². The van der Waals surface area contributed by atoms with Crippen LogP contribution in [0.5, 0.6) is 0 Å². The molecule has 3 aliphatic carbocycles. The predicted octanol–water partition coefficient (Wildman–Crippen LogP) is 4.31. The molecule has 0 N–H and O–H groups in total. The number of allylic oxidation sites excluding steroid dienone is 2. The molecule has 0 aromatic carbocycles. The molecule has 2 bridgehead atoms. The maximum atomic E-state index is 11.9. The molecule has 3 aliphatic rings. The summed E-state index contributed by atoms with van der Waals surface area (Å²) in [7, 11) is 0. The van der Waals surface area contributed by atoms with Crippen LogP contribution >= 0.6 is 0 Å². The number of carbonyl (C=O) groups excluding carboxylic acids is 1. The standard InChI is InChI=1S/C17H26O2/c1-10(2)15(18)19-13-9-17-8-12(13)16(4,5)14(17)7-6-11(17)3/h10-11,14H,6-9H2,1-5H3. The third-order valence-corrected chi connectivity index (χ3v) is 6.24. The second kappa shape index (κ2) is 3.86. The number of hydrogen-bond acceptors (Lipinski definition) is 2. The van der Waals surface area contributed by atoms with Crippen molar-refractivity contribution >= 4 is 5.97 Å². The fourth-order valence-electron chi connectivity index (χ4n) is 5.04. The third kappa shape index (κ3) is 1.58. The van der Waals surface area contributed by atoms with Crippen LogP contribution in [0.4, 0.5) is 0 Å². The van der Waals surface area contributed by atoms with Crippen LogP contribution in [0.3, 0.4) is 0 Å². The van der Waals surface area contributed by atoms with Crippen molar-refractivity contribution in [3.8, 4) is 0 Å². The second-order valence-electron chi connectivity index (χ2n) is 7.82. The zero-order chi connectivity index (χ0) is 14.0. The Bertz CT molecular complexity index is 458. The minimum atomic E-state index is -0.0653. The summed E-state index contributed by atoms with van der Waals surface area (Å²) in [5.41, 5.74) is 2.08. The van der Waals surface area contributed by atoms with E-state index >= 15 is 0 Å². The number of ether oxygens (including phenoxy) is 1. The molecule has 0 aromatic heterocycles. The van der Waals surface area contributed by atoms with Crippen LogP contribution < -0.4 is 0 Å². The fraction of sp³-hybridized carbons (Fsp3) is 0.824. The molecular formula is C17H26O2.